The fraction of sp³-hybridized carbons (Fsp3) is 0.545. The summed E-state index contributed by atoms with van der Waals surface area (Å²) in [5, 5.41) is 5.30. The number of carbonyl (C=O) groups excluding carboxylic acids is 1. The summed E-state index contributed by atoms with van der Waals surface area (Å²) in [4.78, 5) is 18.5. The molecule has 6 unspecified atom stereocenters. The van der Waals surface area contributed by atoms with E-state index in [0.717, 1.165) is 30.1 Å². The molecule has 0 amide bonds. The number of thiazole rings is 1. The minimum atomic E-state index is -0.0313. The van der Waals surface area contributed by atoms with Gasteiger partial charge in [0, 0.05) is 22.6 Å². The monoisotopic (exact) mass is 450 g/mol. The molecule has 1 aromatic carbocycles. The fourth-order valence-corrected chi connectivity index (χ4v) is 7.62. The first kappa shape index (κ1) is 19.7. The number of nitrogens with zero attached hydrogens (tertiary/aromatic N) is 1. The van der Waals surface area contributed by atoms with Gasteiger partial charge in [0.2, 0.25) is 0 Å². The second kappa shape index (κ2) is 6.86. The molecule has 154 valence electrons. The molecule has 0 spiro atoms. The Balaban J connectivity index is 1.49. The highest BCUT2D eigenvalue weighted by atomic mass is 35.5. The molecule has 1 N–H and O–H groups in total. The highest BCUT2D eigenvalue weighted by Crippen LogP contribution is 2.59. The summed E-state index contributed by atoms with van der Waals surface area (Å²) < 4.78 is 5.92. The second-order valence-electron chi connectivity index (χ2n) is 9.09. The summed E-state index contributed by atoms with van der Waals surface area (Å²) in [6.07, 6.45) is 3.17. The highest BCUT2D eigenvalue weighted by Gasteiger charge is 2.58. The molecule has 7 heteroatoms. The van der Waals surface area contributed by atoms with Gasteiger partial charge in [-0.25, -0.2) is 4.98 Å². The van der Waals surface area contributed by atoms with Gasteiger partial charge in [-0.3, -0.25) is 4.79 Å². The maximum Gasteiger partial charge on any atom is 0.309 e. The van der Waals surface area contributed by atoms with E-state index in [-0.39, 0.29) is 29.3 Å². The standard InChI is InChI=1S/C22H24Cl2N2O2S/c1-10-12-7-8-22(3)9-15-17(11(2)16(22)19(12)28-20(10)27)25-21(29-15)26-18-13(23)5-4-6-14(18)24/h4-6,10-12,16,19H,7-9H2,1-3H3,(H,25,26). The van der Waals surface area contributed by atoms with E-state index in [2.05, 4.69) is 19.2 Å². The average molecular weight is 451 g/mol. The molecule has 2 aliphatic carbocycles. The third-order valence-corrected chi connectivity index (χ3v) is 8.97. The van der Waals surface area contributed by atoms with Crippen LogP contribution in [0.15, 0.2) is 18.2 Å². The molecule has 1 saturated heterocycles. The molecule has 1 aromatic heterocycles. The Bertz CT molecular complexity index is 973. The normalized spacial score (nSPS) is 35.5. The van der Waals surface area contributed by atoms with Gasteiger partial charge in [-0.2, -0.15) is 0 Å². The van der Waals surface area contributed by atoms with E-state index in [1.165, 1.54) is 4.88 Å². The molecule has 3 aliphatic rings. The number of esters is 1. The number of fused-ring (bicyclic) bond motifs is 4. The van der Waals surface area contributed by atoms with Crippen LogP contribution in [0.1, 0.15) is 50.1 Å². The first-order valence-electron chi connectivity index (χ1n) is 10.2. The number of nitrogens with one attached hydrogen (secondary N) is 1. The van der Waals surface area contributed by atoms with Gasteiger partial charge in [-0.05, 0) is 36.8 Å². The molecule has 2 heterocycles. The van der Waals surface area contributed by atoms with Crippen molar-refractivity contribution in [1.82, 2.24) is 4.98 Å². The van der Waals surface area contributed by atoms with Crippen molar-refractivity contribution >= 4 is 51.3 Å². The van der Waals surface area contributed by atoms with E-state index in [4.69, 9.17) is 32.9 Å². The Morgan fingerprint density at radius 1 is 1.24 bits per heavy atom. The first-order valence-corrected chi connectivity index (χ1v) is 11.8. The van der Waals surface area contributed by atoms with Gasteiger partial charge in [-0.15, -0.1) is 11.3 Å². The van der Waals surface area contributed by atoms with Crippen molar-refractivity contribution in [3.8, 4) is 0 Å². The Kier molecular flexibility index (Phi) is 4.65. The van der Waals surface area contributed by atoms with Gasteiger partial charge >= 0.3 is 5.97 Å². The second-order valence-corrected chi connectivity index (χ2v) is 11.0. The molecular formula is C22H24Cl2N2O2S. The van der Waals surface area contributed by atoms with Crippen molar-refractivity contribution in [1.29, 1.82) is 0 Å². The van der Waals surface area contributed by atoms with Gasteiger partial charge in [0.1, 0.15) is 6.10 Å². The largest absolute Gasteiger partial charge is 0.461 e. The lowest BCUT2D eigenvalue weighted by Crippen LogP contribution is -2.50. The van der Waals surface area contributed by atoms with E-state index < -0.39 is 0 Å². The zero-order valence-electron chi connectivity index (χ0n) is 16.7. The Hall–Kier alpha value is -1.30. The summed E-state index contributed by atoms with van der Waals surface area (Å²) in [5.41, 5.74) is 1.94. The SMILES string of the molecule is CC1C(=O)OC2C1CCC1(C)Cc3sc(Nc4c(Cl)cccc4Cl)nc3C(C)C21. The van der Waals surface area contributed by atoms with Crippen LogP contribution >= 0.6 is 34.5 Å². The number of ether oxygens (including phenoxy) is 1. The maximum atomic E-state index is 12.3. The van der Waals surface area contributed by atoms with E-state index >= 15 is 0 Å². The number of para-hydroxylation sites is 1. The van der Waals surface area contributed by atoms with Gasteiger partial charge in [-0.1, -0.05) is 50.0 Å². The fourth-order valence-electron chi connectivity index (χ4n) is 5.86. The predicted molar refractivity (Wildman–Crippen MR) is 117 cm³/mol. The summed E-state index contributed by atoms with van der Waals surface area (Å²) in [7, 11) is 0. The Labute approximate surface area is 185 Å². The van der Waals surface area contributed by atoms with Gasteiger partial charge in [0.15, 0.2) is 5.13 Å². The predicted octanol–water partition coefficient (Wildman–Crippen LogP) is 6.45. The van der Waals surface area contributed by atoms with Crippen molar-refractivity contribution in [3.63, 3.8) is 0 Å². The quantitative estimate of drug-likeness (QED) is 0.534. The minimum Gasteiger partial charge on any atom is -0.461 e. The van der Waals surface area contributed by atoms with Crippen LogP contribution in [0, 0.1) is 23.2 Å². The van der Waals surface area contributed by atoms with Crippen LogP contribution in [0.3, 0.4) is 0 Å². The first-order chi connectivity index (χ1) is 13.8. The van der Waals surface area contributed by atoms with Crippen LogP contribution in [0.4, 0.5) is 10.8 Å². The number of anilines is 2. The van der Waals surface area contributed by atoms with Crippen LogP contribution in [-0.2, 0) is 16.0 Å². The van der Waals surface area contributed by atoms with Crippen molar-refractivity contribution in [3.05, 3.63) is 38.8 Å². The minimum absolute atomic E-state index is 0.00757. The number of hydrogen-bond acceptors (Lipinski definition) is 5. The van der Waals surface area contributed by atoms with Crippen molar-refractivity contribution in [2.24, 2.45) is 23.2 Å². The molecule has 1 saturated carbocycles. The number of aromatic nitrogens is 1. The molecule has 29 heavy (non-hydrogen) atoms. The number of halogens is 2. The summed E-state index contributed by atoms with van der Waals surface area (Å²) >= 11 is 14.3. The van der Waals surface area contributed by atoms with E-state index in [1.807, 2.05) is 25.1 Å². The molecule has 0 radical (unpaired) electrons. The molecule has 2 aromatic rings. The molecule has 0 bridgehead atoms. The van der Waals surface area contributed by atoms with Crippen LogP contribution in [-0.4, -0.2) is 17.1 Å². The van der Waals surface area contributed by atoms with Gasteiger partial charge in [0.25, 0.3) is 0 Å². The van der Waals surface area contributed by atoms with Gasteiger partial charge < -0.3 is 10.1 Å². The molecule has 6 atom stereocenters. The molecule has 2 fully saturated rings. The van der Waals surface area contributed by atoms with Crippen LogP contribution < -0.4 is 5.32 Å². The van der Waals surface area contributed by atoms with Crippen molar-refractivity contribution < 1.29 is 9.53 Å². The lowest BCUT2D eigenvalue weighted by atomic mass is 9.54. The van der Waals surface area contributed by atoms with Crippen LogP contribution in [0.5, 0.6) is 0 Å². The van der Waals surface area contributed by atoms with Crippen LogP contribution in [0.2, 0.25) is 10.0 Å². The summed E-state index contributed by atoms with van der Waals surface area (Å²) in [6.45, 7) is 6.63. The molecule has 4 nitrogen and oxygen atoms in total. The zero-order valence-corrected chi connectivity index (χ0v) is 19.0. The average Bonchev–Trinajstić information content (AvgIpc) is 3.18. The molecular weight excluding hydrogens is 427 g/mol. The van der Waals surface area contributed by atoms with E-state index in [9.17, 15) is 4.79 Å². The van der Waals surface area contributed by atoms with Gasteiger partial charge in [0.05, 0.1) is 27.3 Å². The van der Waals surface area contributed by atoms with Crippen LogP contribution in [0.25, 0.3) is 0 Å². The number of rotatable bonds is 2. The molecule has 5 rings (SSSR count). The summed E-state index contributed by atoms with van der Waals surface area (Å²) in [6, 6.07) is 5.46. The number of benzene rings is 1. The highest BCUT2D eigenvalue weighted by molar-refractivity contribution is 7.15. The lowest BCUT2D eigenvalue weighted by molar-refractivity contribution is -0.149. The number of hydrogen-bond donors (Lipinski definition) is 1. The smallest absolute Gasteiger partial charge is 0.309 e. The third kappa shape index (κ3) is 3.00. The number of carbonyl (C=O) groups is 1. The maximum absolute atomic E-state index is 12.3. The zero-order chi connectivity index (χ0) is 20.5. The third-order valence-electron chi connectivity index (χ3n) is 7.35. The Morgan fingerprint density at radius 3 is 2.69 bits per heavy atom. The van der Waals surface area contributed by atoms with E-state index in [0.29, 0.717) is 27.6 Å². The van der Waals surface area contributed by atoms with Crippen molar-refractivity contribution in [2.45, 2.75) is 52.1 Å². The Morgan fingerprint density at radius 2 is 1.97 bits per heavy atom. The summed E-state index contributed by atoms with van der Waals surface area (Å²) in [5.74, 6) is 0.858. The van der Waals surface area contributed by atoms with E-state index in [1.54, 1.807) is 11.3 Å². The molecule has 1 aliphatic heterocycles. The van der Waals surface area contributed by atoms with Crippen molar-refractivity contribution in [2.75, 3.05) is 5.32 Å². The lowest BCUT2D eigenvalue weighted by Gasteiger charge is -2.51. The topological polar surface area (TPSA) is 51.2 Å².